The molecule has 160 valence electrons. The Morgan fingerprint density at radius 3 is 2.35 bits per heavy atom. The van der Waals surface area contributed by atoms with Gasteiger partial charge in [-0.2, -0.15) is 0 Å². The first kappa shape index (κ1) is 21.8. The van der Waals surface area contributed by atoms with E-state index in [1.165, 1.54) is 29.2 Å². The Hall–Kier alpha value is -3.88. The largest absolute Gasteiger partial charge is 0.483 e. The molecule has 0 unspecified atom stereocenters. The molecule has 0 aliphatic heterocycles. The lowest BCUT2D eigenvalue weighted by Gasteiger charge is -2.13. The first-order chi connectivity index (χ1) is 14.8. The van der Waals surface area contributed by atoms with Crippen LogP contribution in [0, 0.1) is 22.4 Å². The maximum atomic E-state index is 13.7. The summed E-state index contributed by atoms with van der Waals surface area (Å²) in [4.78, 5) is 24.7. The normalized spacial score (nSPS) is 10.5. The van der Waals surface area contributed by atoms with E-state index < -0.39 is 23.2 Å². The molecule has 0 bridgehead atoms. The molecule has 0 aliphatic rings. The Labute approximate surface area is 175 Å². The quantitative estimate of drug-likeness (QED) is 0.459. The number of hydrogen-bond donors (Lipinski definition) is 0. The third-order valence-corrected chi connectivity index (χ3v) is 4.18. The Bertz CT molecular complexity index is 1110. The molecule has 0 fully saturated rings. The summed E-state index contributed by atoms with van der Waals surface area (Å²) in [6, 6.07) is 11.6. The van der Waals surface area contributed by atoms with Gasteiger partial charge in [-0.05, 0) is 41.1 Å². The van der Waals surface area contributed by atoms with Gasteiger partial charge in [0, 0.05) is 31.8 Å². The zero-order valence-corrected chi connectivity index (χ0v) is 16.6. The second-order valence-electron chi connectivity index (χ2n) is 6.71. The summed E-state index contributed by atoms with van der Waals surface area (Å²) < 4.78 is 51.3. The van der Waals surface area contributed by atoms with Crippen molar-refractivity contribution in [2.24, 2.45) is 5.18 Å². The molecule has 0 spiro atoms. The van der Waals surface area contributed by atoms with Crippen molar-refractivity contribution in [1.82, 2.24) is 4.90 Å². The van der Waals surface area contributed by atoms with Crippen molar-refractivity contribution in [2.75, 3.05) is 14.1 Å². The molecule has 3 rings (SSSR count). The predicted molar refractivity (Wildman–Crippen MR) is 107 cm³/mol. The molecule has 0 heterocycles. The highest BCUT2D eigenvalue weighted by molar-refractivity contribution is 5.94. The zero-order valence-electron chi connectivity index (χ0n) is 16.6. The molecule has 0 aliphatic carbocycles. The van der Waals surface area contributed by atoms with Gasteiger partial charge in [0.25, 0.3) is 5.91 Å². The van der Waals surface area contributed by atoms with E-state index in [1.54, 1.807) is 32.3 Å². The molecule has 1 amide bonds. The Morgan fingerprint density at radius 2 is 1.71 bits per heavy atom. The van der Waals surface area contributed by atoms with Gasteiger partial charge in [-0.15, -0.1) is 4.91 Å². The number of nitrogens with zero attached hydrogens (tertiary/aromatic N) is 2. The fourth-order valence-electron chi connectivity index (χ4n) is 2.71. The van der Waals surface area contributed by atoms with Gasteiger partial charge in [-0.1, -0.05) is 12.1 Å². The summed E-state index contributed by atoms with van der Waals surface area (Å²) in [7, 11) is 3.22. The van der Waals surface area contributed by atoms with Crippen molar-refractivity contribution >= 4 is 11.6 Å². The van der Waals surface area contributed by atoms with Crippen LogP contribution >= 0.6 is 0 Å². The molecular weight excluding hydrogens is 413 g/mol. The minimum Gasteiger partial charge on any atom is -0.483 e. The second kappa shape index (κ2) is 9.29. The predicted octanol–water partition coefficient (Wildman–Crippen LogP) is 5.57. The summed E-state index contributed by atoms with van der Waals surface area (Å²) in [5, 5.41) is 2.90. The molecule has 0 saturated heterocycles. The maximum absolute atomic E-state index is 13.7. The summed E-state index contributed by atoms with van der Waals surface area (Å²) in [6.45, 7) is -0.284. The lowest BCUT2D eigenvalue weighted by molar-refractivity contribution is 0.0827. The second-order valence-corrected chi connectivity index (χ2v) is 6.71. The lowest BCUT2D eigenvalue weighted by atomic mass is 10.2. The van der Waals surface area contributed by atoms with Crippen LogP contribution in [0.4, 0.5) is 18.9 Å². The van der Waals surface area contributed by atoms with Crippen molar-refractivity contribution in [2.45, 2.75) is 6.61 Å². The average molecular weight is 430 g/mol. The van der Waals surface area contributed by atoms with Crippen molar-refractivity contribution in [3.63, 3.8) is 0 Å². The molecule has 0 saturated carbocycles. The van der Waals surface area contributed by atoms with Gasteiger partial charge in [-0.3, -0.25) is 4.79 Å². The van der Waals surface area contributed by atoms with Crippen LogP contribution in [0.1, 0.15) is 15.9 Å². The van der Waals surface area contributed by atoms with Crippen molar-refractivity contribution in [3.05, 3.63) is 88.1 Å². The van der Waals surface area contributed by atoms with Crippen LogP contribution in [0.2, 0.25) is 0 Å². The lowest BCUT2D eigenvalue weighted by Crippen LogP contribution is -2.21. The summed E-state index contributed by atoms with van der Waals surface area (Å²) >= 11 is 0. The number of carbonyl (C=O) groups excluding carboxylic acids is 1. The Balaban J connectivity index is 1.83. The van der Waals surface area contributed by atoms with Crippen LogP contribution in [-0.4, -0.2) is 24.9 Å². The number of benzene rings is 3. The Morgan fingerprint density at radius 1 is 1.00 bits per heavy atom. The van der Waals surface area contributed by atoms with Crippen LogP contribution in [0.5, 0.6) is 17.2 Å². The smallest absolute Gasteiger partial charge is 0.253 e. The molecule has 31 heavy (non-hydrogen) atoms. The highest BCUT2D eigenvalue weighted by Crippen LogP contribution is 2.34. The SMILES string of the molecule is CN(C)C(=O)c1cccc(Oc2cc(COc3c(F)cc(F)cc3F)ccc2N=O)c1. The molecule has 0 N–H and O–H groups in total. The number of halogens is 3. The number of rotatable bonds is 7. The van der Waals surface area contributed by atoms with Gasteiger partial charge in [0.15, 0.2) is 28.8 Å². The molecule has 3 aromatic rings. The highest BCUT2D eigenvalue weighted by Gasteiger charge is 2.15. The van der Waals surface area contributed by atoms with Crippen LogP contribution in [-0.2, 0) is 6.61 Å². The molecule has 9 heteroatoms. The first-order valence-corrected chi connectivity index (χ1v) is 9.01. The van der Waals surface area contributed by atoms with E-state index in [0.29, 0.717) is 23.3 Å². The zero-order chi connectivity index (χ0) is 22.5. The average Bonchev–Trinajstić information content (AvgIpc) is 2.72. The maximum Gasteiger partial charge on any atom is 0.253 e. The van der Waals surface area contributed by atoms with Crippen molar-refractivity contribution < 1.29 is 27.4 Å². The van der Waals surface area contributed by atoms with Gasteiger partial charge in [0.2, 0.25) is 0 Å². The third kappa shape index (κ3) is 5.19. The van der Waals surface area contributed by atoms with E-state index in [0.717, 1.165) is 0 Å². The van der Waals surface area contributed by atoms with Crippen LogP contribution in [0.3, 0.4) is 0 Å². The van der Waals surface area contributed by atoms with Gasteiger partial charge in [-0.25, -0.2) is 13.2 Å². The van der Waals surface area contributed by atoms with E-state index in [-0.39, 0.29) is 29.7 Å². The molecule has 6 nitrogen and oxygen atoms in total. The van der Waals surface area contributed by atoms with Gasteiger partial charge < -0.3 is 14.4 Å². The molecule has 0 atom stereocenters. The van der Waals surface area contributed by atoms with E-state index in [1.807, 2.05) is 0 Å². The summed E-state index contributed by atoms with van der Waals surface area (Å²) in [5.41, 5.74) is 0.767. The number of carbonyl (C=O) groups is 1. The monoisotopic (exact) mass is 430 g/mol. The van der Waals surface area contributed by atoms with E-state index in [4.69, 9.17) is 9.47 Å². The van der Waals surface area contributed by atoms with Crippen molar-refractivity contribution in [1.29, 1.82) is 0 Å². The Kier molecular flexibility index (Phi) is 6.54. The van der Waals surface area contributed by atoms with Gasteiger partial charge >= 0.3 is 0 Å². The summed E-state index contributed by atoms with van der Waals surface area (Å²) in [5.74, 6) is -4.03. The van der Waals surface area contributed by atoms with E-state index in [9.17, 15) is 22.9 Å². The number of amides is 1. The van der Waals surface area contributed by atoms with E-state index >= 15 is 0 Å². The third-order valence-electron chi connectivity index (χ3n) is 4.18. The molecule has 0 aromatic heterocycles. The molecule has 0 radical (unpaired) electrons. The number of nitroso groups, excluding NO2 is 1. The molecular formula is C22H17F3N2O4. The topological polar surface area (TPSA) is 68.2 Å². The van der Waals surface area contributed by atoms with E-state index in [2.05, 4.69) is 5.18 Å². The van der Waals surface area contributed by atoms with Gasteiger partial charge in [0.05, 0.1) is 0 Å². The minimum absolute atomic E-state index is 0.0211. The molecule has 3 aromatic carbocycles. The fraction of sp³-hybridized carbons (Fsp3) is 0.136. The number of hydrogen-bond acceptors (Lipinski definition) is 5. The highest BCUT2D eigenvalue weighted by atomic mass is 19.1. The van der Waals surface area contributed by atoms with Crippen LogP contribution < -0.4 is 9.47 Å². The number of ether oxygens (including phenoxy) is 2. The first-order valence-electron chi connectivity index (χ1n) is 9.01. The van der Waals surface area contributed by atoms with Crippen LogP contribution in [0.15, 0.2) is 59.8 Å². The minimum atomic E-state index is -1.18. The standard InChI is InChI=1S/C22H17F3N2O4/c1-27(2)22(28)14-4-3-5-16(9-14)31-20-8-13(6-7-19(20)26-29)12-30-21-17(24)10-15(23)11-18(21)25/h3-11H,12H2,1-2H3. The summed E-state index contributed by atoms with van der Waals surface area (Å²) in [6.07, 6.45) is 0. The van der Waals surface area contributed by atoms with Crippen molar-refractivity contribution in [3.8, 4) is 17.2 Å². The van der Waals surface area contributed by atoms with Crippen LogP contribution in [0.25, 0.3) is 0 Å². The fourth-order valence-corrected chi connectivity index (χ4v) is 2.71. The van der Waals surface area contributed by atoms with Gasteiger partial charge in [0.1, 0.15) is 18.2 Å².